The zero-order chi connectivity index (χ0) is 10.7. The van der Waals surface area contributed by atoms with E-state index in [0.29, 0.717) is 23.0 Å². The fraction of sp³-hybridized carbons (Fsp3) is 0. The van der Waals surface area contributed by atoms with Gasteiger partial charge in [0.25, 0.3) is 0 Å². The number of hydrogen-bond acceptors (Lipinski definition) is 4. The molecule has 15 heavy (non-hydrogen) atoms. The number of nitrogens with two attached hydrogens (primary N) is 2. The molecule has 0 aliphatic carbocycles. The fourth-order valence-electron chi connectivity index (χ4n) is 1.14. The summed E-state index contributed by atoms with van der Waals surface area (Å²) in [7, 11) is 0. The second kappa shape index (κ2) is 3.88. The van der Waals surface area contributed by atoms with Crippen LogP contribution in [0.2, 0.25) is 0 Å². The zero-order valence-electron chi connectivity index (χ0n) is 8.05. The standard InChI is InChI=1S/C11H11N3O/c12-8-1-3-10(4-2-8)15-11-7-9(13)5-6-14-11/h1-7H,12H2,(H2,13,14). The lowest BCUT2D eigenvalue weighted by molar-refractivity contribution is 0.463. The second-order valence-corrected chi connectivity index (χ2v) is 3.10. The van der Waals surface area contributed by atoms with Crippen LogP contribution in [0.25, 0.3) is 0 Å². The molecule has 0 fully saturated rings. The molecule has 1 aromatic carbocycles. The molecule has 76 valence electrons. The Morgan fingerprint density at radius 2 is 1.67 bits per heavy atom. The summed E-state index contributed by atoms with van der Waals surface area (Å²) in [6.45, 7) is 0. The predicted molar refractivity (Wildman–Crippen MR) is 59.6 cm³/mol. The number of pyridine rings is 1. The van der Waals surface area contributed by atoms with Crippen molar-refractivity contribution in [2.24, 2.45) is 0 Å². The molecule has 0 aliphatic heterocycles. The van der Waals surface area contributed by atoms with E-state index in [-0.39, 0.29) is 0 Å². The van der Waals surface area contributed by atoms with Gasteiger partial charge in [-0.1, -0.05) is 0 Å². The van der Waals surface area contributed by atoms with Crippen LogP contribution in [-0.4, -0.2) is 4.98 Å². The summed E-state index contributed by atoms with van der Waals surface area (Å²) >= 11 is 0. The van der Waals surface area contributed by atoms with Gasteiger partial charge < -0.3 is 16.2 Å². The molecule has 0 radical (unpaired) electrons. The highest BCUT2D eigenvalue weighted by molar-refractivity contribution is 5.44. The number of hydrogen-bond donors (Lipinski definition) is 2. The summed E-state index contributed by atoms with van der Waals surface area (Å²) in [6, 6.07) is 10.5. The van der Waals surface area contributed by atoms with Crippen LogP contribution < -0.4 is 16.2 Å². The third-order valence-corrected chi connectivity index (χ3v) is 1.86. The van der Waals surface area contributed by atoms with Crippen LogP contribution in [0.4, 0.5) is 11.4 Å². The Hall–Kier alpha value is -2.23. The molecule has 4 heteroatoms. The molecule has 0 saturated carbocycles. The molecule has 1 heterocycles. The number of anilines is 2. The Balaban J connectivity index is 2.18. The van der Waals surface area contributed by atoms with Crippen LogP contribution >= 0.6 is 0 Å². The van der Waals surface area contributed by atoms with Crippen molar-refractivity contribution >= 4 is 11.4 Å². The molecule has 0 spiro atoms. The van der Waals surface area contributed by atoms with E-state index in [0.717, 1.165) is 0 Å². The maximum absolute atomic E-state index is 5.60. The van der Waals surface area contributed by atoms with Gasteiger partial charge in [-0.2, -0.15) is 0 Å². The first-order valence-electron chi connectivity index (χ1n) is 4.49. The van der Waals surface area contributed by atoms with Gasteiger partial charge in [-0.25, -0.2) is 4.98 Å². The molecule has 2 aromatic rings. The van der Waals surface area contributed by atoms with Crippen LogP contribution in [0.1, 0.15) is 0 Å². The topological polar surface area (TPSA) is 74.2 Å². The van der Waals surface area contributed by atoms with Gasteiger partial charge >= 0.3 is 0 Å². The molecule has 0 saturated heterocycles. The summed E-state index contributed by atoms with van der Waals surface area (Å²) in [6.07, 6.45) is 1.60. The van der Waals surface area contributed by atoms with Gasteiger partial charge in [0.1, 0.15) is 5.75 Å². The molecule has 0 amide bonds. The van der Waals surface area contributed by atoms with Crippen molar-refractivity contribution in [1.82, 2.24) is 4.98 Å². The maximum atomic E-state index is 5.60. The molecule has 0 aliphatic rings. The minimum absolute atomic E-state index is 0.472. The Kier molecular flexibility index (Phi) is 2.41. The Morgan fingerprint density at radius 3 is 2.33 bits per heavy atom. The van der Waals surface area contributed by atoms with E-state index >= 15 is 0 Å². The first-order chi connectivity index (χ1) is 7.24. The van der Waals surface area contributed by atoms with Gasteiger partial charge in [0.05, 0.1) is 0 Å². The largest absolute Gasteiger partial charge is 0.439 e. The second-order valence-electron chi connectivity index (χ2n) is 3.10. The predicted octanol–water partition coefficient (Wildman–Crippen LogP) is 2.04. The molecule has 4 N–H and O–H groups in total. The van der Waals surface area contributed by atoms with Crippen molar-refractivity contribution in [3.63, 3.8) is 0 Å². The first-order valence-corrected chi connectivity index (χ1v) is 4.49. The van der Waals surface area contributed by atoms with Gasteiger partial charge in [-0.05, 0) is 30.3 Å². The number of nitrogen functional groups attached to an aromatic ring is 2. The summed E-state index contributed by atoms with van der Waals surface area (Å²) in [5, 5.41) is 0. The SMILES string of the molecule is Nc1ccc(Oc2cc(N)ccn2)cc1. The van der Waals surface area contributed by atoms with E-state index in [4.69, 9.17) is 16.2 Å². The van der Waals surface area contributed by atoms with E-state index in [9.17, 15) is 0 Å². The van der Waals surface area contributed by atoms with Gasteiger partial charge in [-0.3, -0.25) is 0 Å². The Morgan fingerprint density at radius 1 is 0.933 bits per heavy atom. The number of benzene rings is 1. The Labute approximate surface area is 87.5 Å². The third kappa shape index (κ3) is 2.37. The molecular weight excluding hydrogens is 190 g/mol. The van der Waals surface area contributed by atoms with Crippen LogP contribution in [0.15, 0.2) is 42.6 Å². The molecule has 1 aromatic heterocycles. The van der Waals surface area contributed by atoms with Crippen molar-refractivity contribution in [3.05, 3.63) is 42.6 Å². The smallest absolute Gasteiger partial charge is 0.221 e. The number of nitrogens with zero attached hydrogens (tertiary/aromatic N) is 1. The number of rotatable bonds is 2. The van der Waals surface area contributed by atoms with Crippen LogP contribution in [0.3, 0.4) is 0 Å². The average Bonchev–Trinajstić information content (AvgIpc) is 2.22. The maximum Gasteiger partial charge on any atom is 0.221 e. The molecular formula is C11H11N3O. The van der Waals surface area contributed by atoms with E-state index in [1.807, 2.05) is 0 Å². The van der Waals surface area contributed by atoms with Crippen LogP contribution in [0.5, 0.6) is 11.6 Å². The monoisotopic (exact) mass is 201 g/mol. The average molecular weight is 201 g/mol. The lowest BCUT2D eigenvalue weighted by atomic mass is 10.3. The van der Waals surface area contributed by atoms with Gasteiger partial charge in [0.15, 0.2) is 0 Å². The summed E-state index contributed by atoms with van der Waals surface area (Å²) < 4.78 is 5.47. The summed E-state index contributed by atoms with van der Waals surface area (Å²) in [5.74, 6) is 1.15. The normalized spacial score (nSPS) is 9.87. The van der Waals surface area contributed by atoms with Crippen molar-refractivity contribution in [2.75, 3.05) is 11.5 Å². The fourth-order valence-corrected chi connectivity index (χ4v) is 1.14. The van der Waals surface area contributed by atoms with Crippen LogP contribution in [0, 0.1) is 0 Å². The minimum Gasteiger partial charge on any atom is -0.439 e. The third-order valence-electron chi connectivity index (χ3n) is 1.86. The molecule has 4 nitrogen and oxygen atoms in total. The van der Waals surface area contributed by atoms with Crippen molar-refractivity contribution < 1.29 is 4.74 Å². The van der Waals surface area contributed by atoms with E-state index in [2.05, 4.69) is 4.98 Å². The summed E-state index contributed by atoms with van der Waals surface area (Å²) in [4.78, 5) is 4.02. The lowest BCUT2D eigenvalue weighted by Gasteiger charge is -2.04. The number of aromatic nitrogens is 1. The molecule has 0 bridgehead atoms. The first kappa shape index (κ1) is 9.33. The van der Waals surface area contributed by atoms with Crippen LogP contribution in [-0.2, 0) is 0 Å². The van der Waals surface area contributed by atoms with Crippen molar-refractivity contribution in [3.8, 4) is 11.6 Å². The van der Waals surface area contributed by atoms with Crippen molar-refractivity contribution in [1.29, 1.82) is 0 Å². The van der Waals surface area contributed by atoms with E-state index in [1.165, 1.54) is 0 Å². The van der Waals surface area contributed by atoms with Gasteiger partial charge in [0, 0.05) is 23.6 Å². The molecule has 0 unspecified atom stereocenters. The Bertz CT molecular complexity index is 454. The molecule has 2 rings (SSSR count). The van der Waals surface area contributed by atoms with Crippen molar-refractivity contribution in [2.45, 2.75) is 0 Å². The highest BCUT2D eigenvalue weighted by Crippen LogP contribution is 2.21. The van der Waals surface area contributed by atoms with Gasteiger partial charge in [-0.15, -0.1) is 0 Å². The van der Waals surface area contributed by atoms with E-state index in [1.54, 1.807) is 42.6 Å². The highest BCUT2D eigenvalue weighted by Gasteiger charge is 1.98. The molecule has 0 atom stereocenters. The zero-order valence-corrected chi connectivity index (χ0v) is 8.05. The highest BCUT2D eigenvalue weighted by atomic mass is 16.5. The van der Waals surface area contributed by atoms with E-state index < -0.39 is 0 Å². The van der Waals surface area contributed by atoms with Gasteiger partial charge in [0.2, 0.25) is 5.88 Å². The number of ether oxygens (including phenoxy) is 1. The lowest BCUT2D eigenvalue weighted by Crippen LogP contribution is -1.91. The summed E-state index contributed by atoms with van der Waals surface area (Å²) in [5.41, 5.74) is 12.5. The minimum atomic E-state index is 0.472. The quantitative estimate of drug-likeness (QED) is 0.729.